The van der Waals surface area contributed by atoms with Gasteiger partial charge in [-0.05, 0) is 5.56 Å². The fourth-order valence-corrected chi connectivity index (χ4v) is 1.76. The van der Waals surface area contributed by atoms with Gasteiger partial charge in [0.15, 0.2) is 0 Å². The second-order valence-corrected chi connectivity index (χ2v) is 3.95. The molecule has 1 aromatic heterocycles. The van der Waals surface area contributed by atoms with Gasteiger partial charge in [0.25, 0.3) is 5.88 Å². The number of aromatic nitrogens is 1. The molecular weight excluding hydrogens is 241 g/mol. The van der Waals surface area contributed by atoms with E-state index in [0.29, 0.717) is 12.1 Å². The SMILES string of the molecule is O=[P+](O)Oc1ccc2c(n1)C(F)(F)CNC2. The number of rotatable bonds is 2. The summed E-state index contributed by atoms with van der Waals surface area (Å²) in [5.74, 6) is -3.36. The average Bonchev–Trinajstić information content (AvgIpc) is 2.18. The lowest BCUT2D eigenvalue weighted by atomic mass is 10.0. The van der Waals surface area contributed by atoms with Crippen LogP contribution in [0.25, 0.3) is 0 Å². The van der Waals surface area contributed by atoms with Gasteiger partial charge in [0.05, 0.1) is 6.54 Å². The summed E-state index contributed by atoms with van der Waals surface area (Å²) in [5, 5.41) is 2.55. The summed E-state index contributed by atoms with van der Waals surface area (Å²) in [5.41, 5.74) is -0.0441. The Morgan fingerprint density at radius 3 is 3.00 bits per heavy atom. The molecule has 0 amide bonds. The van der Waals surface area contributed by atoms with Gasteiger partial charge in [-0.25, -0.2) is 9.51 Å². The van der Waals surface area contributed by atoms with E-state index in [1.165, 1.54) is 12.1 Å². The quantitative estimate of drug-likeness (QED) is 0.773. The molecule has 86 valence electrons. The average molecular weight is 249 g/mol. The van der Waals surface area contributed by atoms with Crippen LogP contribution in [-0.2, 0) is 17.0 Å². The summed E-state index contributed by atoms with van der Waals surface area (Å²) in [6.07, 6.45) is 0. The van der Waals surface area contributed by atoms with E-state index in [0.717, 1.165) is 0 Å². The van der Waals surface area contributed by atoms with Crippen molar-refractivity contribution in [3.8, 4) is 5.88 Å². The molecule has 0 spiro atoms. The third-order valence-electron chi connectivity index (χ3n) is 2.13. The van der Waals surface area contributed by atoms with Gasteiger partial charge >= 0.3 is 14.2 Å². The van der Waals surface area contributed by atoms with Crippen LogP contribution in [0.5, 0.6) is 5.88 Å². The molecule has 0 radical (unpaired) electrons. The van der Waals surface area contributed by atoms with E-state index in [1.54, 1.807) is 0 Å². The molecule has 0 fully saturated rings. The summed E-state index contributed by atoms with van der Waals surface area (Å²) in [6.45, 7) is -0.203. The third kappa shape index (κ3) is 2.16. The molecule has 1 aliphatic heterocycles. The van der Waals surface area contributed by atoms with Crippen LogP contribution in [0.3, 0.4) is 0 Å². The molecule has 2 rings (SSSR count). The van der Waals surface area contributed by atoms with Crippen molar-refractivity contribution in [2.75, 3.05) is 6.54 Å². The molecule has 0 bridgehead atoms. The van der Waals surface area contributed by atoms with Crippen molar-refractivity contribution in [1.82, 2.24) is 10.3 Å². The van der Waals surface area contributed by atoms with Crippen LogP contribution in [0.2, 0.25) is 0 Å². The molecule has 5 nitrogen and oxygen atoms in total. The Kier molecular flexibility index (Phi) is 2.84. The molecular formula is C8H8F2N2O3P+. The first-order chi connectivity index (χ1) is 7.49. The summed E-state index contributed by atoms with van der Waals surface area (Å²) < 4.78 is 41.6. The number of nitrogens with zero attached hydrogens (tertiary/aromatic N) is 1. The lowest BCUT2D eigenvalue weighted by Gasteiger charge is -2.24. The van der Waals surface area contributed by atoms with Crippen LogP contribution < -0.4 is 9.84 Å². The van der Waals surface area contributed by atoms with Crippen molar-refractivity contribution < 1.29 is 22.8 Å². The standard InChI is InChI=1S/C8H7F2N2O3P/c9-8(10)4-11-3-5-1-2-6(12-7(5)8)15-16(13)14/h1-2,11H,3-4H2/p+1. The lowest BCUT2D eigenvalue weighted by Crippen LogP contribution is -2.37. The van der Waals surface area contributed by atoms with Crippen molar-refractivity contribution in [3.05, 3.63) is 23.4 Å². The highest BCUT2D eigenvalue weighted by Gasteiger charge is 2.39. The minimum Gasteiger partial charge on any atom is -0.307 e. The van der Waals surface area contributed by atoms with Crippen LogP contribution in [0.15, 0.2) is 12.1 Å². The Labute approximate surface area is 90.4 Å². The minimum atomic E-state index is -3.09. The topological polar surface area (TPSA) is 71.5 Å². The molecule has 1 aliphatic rings. The Bertz CT molecular complexity index is 441. The molecule has 1 aromatic rings. The highest BCUT2D eigenvalue weighted by Crippen LogP contribution is 2.33. The highest BCUT2D eigenvalue weighted by molar-refractivity contribution is 7.32. The van der Waals surface area contributed by atoms with Crippen LogP contribution in [0.1, 0.15) is 11.3 Å². The van der Waals surface area contributed by atoms with Gasteiger partial charge in [-0.2, -0.15) is 8.78 Å². The molecule has 2 heterocycles. The first-order valence-corrected chi connectivity index (χ1v) is 5.55. The fourth-order valence-electron chi connectivity index (χ4n) is 1.50. The van der Waals surface area contributed by atoms with Gasteiger partial charge < -0.3 is 5.32 Å². The maximum Gasteiger partial charge on any atom is 0.749 e. The Hall–Kier alpha value is -1.17. The van der Waals surface area contributed by atoms with Crippen molar-refractivity contribution >= 4 is 8.25 Å². The summed E-state index contributed by atoms with van der Waals surface area (Å²) in [4.78, 5) is 12.0. The van der Waals surface area contributed by atoms with Crippen molar-refractivity contribution in [2.45, 2.75) is 12.5 Å². The molecule has 0 aliphatic carbocycles. The van der Waals surface area contributed by atoms with Gasteiger partial charge in [0.2, 0.25) is 0 Å². The van der Waals surface area contributed by atoms with Crippen LogP contribution in [-0.4, -0.2) is 16.4 Å². The van der Waals surface area contributed by atoms with Gasteiger partial charge in [-0.15, -0.1) is 4.89 Å². The molecule has 1 atom stereocenters. The zero-order valence-corrected chi connectivity index (χ0v) is 8.88. The normalized spacial score (nSPS) is 18.8. The monoisotopic (exact) mass is 249 g/mol. The third-order valence-corrected chi connectivity index (χ3v) is 2.48. The van der Waals surface area contributed by atoms with Gasteiger partial charge in [-0.3, -0.25) is 0 Å². The van der Waals surface area contributed by atoms with Crippen molar-refractivity contribution in [2.24, 2.45) is 0 Å². The minimum absolute atomic E-state index is 0.274. The maximum absolute atomic E-state index is 13.4. The fraction of sp³-hybridized carbons (Fsp3) is 0.375. The first kappa shape index (κ1) is 11.3. The summed E-state index contributed by atoms with van der Waals surface area (Å²) in [7, 11) is -2.89. The Morgan fingerprint density at radius 2 is 2.31 bits per heavy atom. The number of halogens is 2. The molecule has 16 heavy (non-hydrogen) atoms. The first-order valence-electron chi connectivity index (χ1n) is 4.42. The van der Waals surface area contributed by atoms with E-state index >= 15 is 0 Å². The summed E-state index contributed by atoms with van der Waals surface area (Å²) >= 11 is 0. The Balaban J connectivity index is 2.39. The molecule has 0 saturated heterocycles. The number of fused-ring (bicyclic) bond motifs is 1. The van der Waals surface area contributed by atoms with E-state index < -0.39 is 26.4 Å². The number of pyridine rings is 1. The van der Waals surface area contributed by atoms with E-state index in [4.69, 9.17) is 4.89 Å². The largest absolute Gasteiger partial charge is 0.749 e. The predicted molar refractivity (Wildman–Crippen MR) is 50.3 cm³/mol. The predicted octanol–water partition coefficient (Wildman–Crippen LogP) is 1.31. The number of nitrogens with one attached hydrogen (secondary N) is 1. The molecule has 0 aromatic carbocycles. The van der Waals surface area contributed by atoms with Crippen molar-refractivity contribution in [3.63, 3.8) is 0 Å². The summed E-state index contributed by atoms with van der Waals surface area (Å²) in [6, 6.07) is 2.68. The molecule has 1 unspecified atom stereocenters. The zero-order valence-electron chi connectivity index (χ0n) is 7.98. The molecule has 0 saturated carbocycles. The number of alkyl halides is 2. The lowest BCUT2D eigenvalue weighted by molar-refractivity contribution is -0.0158. The van der Waals surface area contributed by atoms with E-state index in [9.17, 15) is 13.3 Å². The van der Waals surface area contributed by atoms with Gasteiger partial charge in [0.1, 0.15) is 5.69 Å². The van der Waals surface area contributed by atoms with Crippen LogP contribution >= 0.6 is 8.25 Å². The molecule has 2 N–H and O–H groups in total. The highest BCUT2D eigenvalue weighted by atomic mass is 31.1. The smallest absolute Gasteiger partial charge is 0.307 e. The zero-order chi connectivity index (χ0) is 11.8. The van der Waals surface area contributed by atoms with E-state index in [-0.39, 0.29) is 5.88 Å². The van der Waals surface area contributed by atoms with Crippen LogP contribution in [0, 0.1) is 0 Å². The second-order valence-electron chi connectivity index (χ2n) is 3.29. The van der Waals surface area contributed by atoms with Gasteiger partial charge in [0, 0.05) is 17.2 Å². The van der Waals surface area contributed by atoms with E-state index in [1.807, 2.05) is 0 Å². The number of hydrogen-bond donors (Lipinski definition) is 2. The molecule has 8 heteroatoms. The maximum atomic E-state index is 13.4. The Morgan fingerprint density at radius 1 is 1.56 bits per heavy atom. The number of hydrogen-bond acceptors (Lipinski definition) is 4. The van der Waals surface area contributed by atoms with Crippen LogP contribution in [0.4, 0.5) is 8.78 Å². The second kappa shape index (κ2) is 4.01. The van der Waals surface area contributed by atoms with Gasteiger partial charge in [-0.1, -0.05) is 6.07 Å². The van der Waals surface area contributed by atoms with Crippen molar-refractivity contribution in [1.29, 1.82) is 0 Å². The van der Waals surface area contributed by atoms with E-state index in [2.05, 4.69) is 14.8 Å².